The number of methoxy groups -OCH3 is 1. The molecule has 3 aliphatic rings. The van der Waals surface area contributed by atoms with E-state index in [0.717, 1.165) is 0 Å². The average molecular weight is 1750 g/mol. The fraction of sp³-hybridized carbons (Fsp3) is 0.855. The molecule has 0 aromatic rings. The van der Waals surface area contributed by atoms with Crippen molar-refractivity contribution in [3.63, 3.8) is 0 Å². The molecule has 10 amide bonds. The summed E-state index contributed by atoms with van der Waals surface area (Å²) >= 11 is 0. The van der Waals surface area contributed by atoms with E-state index in [1.54, 1.807) is 0 Å². The van der Waals surface area contributed by atoms with Crippen molar-refractivity contribution in [3.8, 4) is 0 Å². The maximum absolute atomic E-state index is 13.9. The highest BCUT2D eigenvalue weighted by atomic mass is 16.7. The summed E-state index contributed by atoms with van der Waals surface area (Å²) in [4.78, 5) is 138. The zero-order chi connectivity index (χ0) is 89.0. The molecule has 0 aromatic carbocycles. The monoisotopic (exact) mass is 1750 g/mol. The van der Waals surface area contributed by atoms with Crippen LogP contribution in [0.15, 0.2) is 0 Å². The van der Waals surface area contributed by atoms with Crippen LogP contribution in [0, 0.1) is 0 Å². The maximum Gasteiger partial charge on any atom is 0.307 e. The van der Waals surface area contributed by atoms with Crippen LogP contribution in [0.2, 0.25) is 0 Å². The van der Waals surface area contributed by atoms with Crippen LogP contribution >= 0.6 is 0 Å². The number of amides is 10. The Morgan fingerprint density at radius 3 is 0.810 bits per heavy atom. The molecule has 700 valence electrons. The molecule has 15 atom stereocenters. The Kier molecular flexibility index (Phi) is 59.0. The van der Waals surface area contributed by atoms with Gasteiger partial charge in [-0.2, -0.15) is 0 Å². The van der Waals surface area contributed by atoms with Crippen molar-refractivity contribution >= 4 is 65.0 Å². The third kappa shape index (κ3) is 48.4. The summed E-state index contributed by atoms with van der Waals surface area (Å²) in [5.41, 5.74) is -1.51. The van der Waals surface area contributed by atoms with Crippen molar-refractivity contribution in [1.29, 1.82) is 0 Å². The minimum atomic E-state index is -1.51. The smallest absolute Gasteiger partial charge is 0.307 e. The second-order valence-electron chi connectivity index (χ2n) is 28.8. The Morgan fingerprint density at radius 1 is 0.298 bits per heavy atom. The van der Waals surface area contributed by atoms with Gasteiger partial charge in [0.15, 0.2) is 18.9 Å². The molecule has 45 nitrogen and oxygen atoms in total. The van der Waals surface area contributed by atoms with Crippen LogP contribution in [-0.2, 0) is 124 Å². The number of hydrogen-bond acceptors (Lipinski definition) is 35. The lowest BCUT2D eigenvalue weighted by molar-refractivity contribution is -0.270. The van der Waals surface area contributed by atoms with Gasteiger partial charge < -0.3 is 170 Å². The van der Waals surface area contributed by atoms with E-state index in [2.05, 4.69) is 57.9 Å². The number of carbonyl (C=O) groups excluding carboxylic acids is 11. The van der Waals surface area contributed by atoms with Gasteiger partial charge >= 0.3 is 5.97 Å². The van der Waals surface area contributed by atoms with Crippen LogP contribution in [0.4, 0.5) is 0 Å². The SMILES string of the molecule is COC(=O)CCOCCOCCOCCOCCOCCC(=O)NC(COCCC(=O)NCCCNC(=O)CCCCOC1OC(CO)C(O)C(O)C1NC(C)=O)(COCCC(=O)NCCCNC(=O)CCCCOC1OC(CO)C(O)C(O)C1NC(C)=O)COCCC(=O)NCCCNC(=O)CCCCOC1OC(CO)C(O)C(O)C1NC(C)=O. The molecular formula is C76H136N10O35. The molecule has 0 bridgehead atoms. The quantitative estimate of drug-likeness (QED) is 0.0199. The Labute approximate surface area is 704 Å². The molecule has 0 saturated carbocycles. The largest absolute Gasteiger partial charge is 0.469 e. The zero-order valence-electron chi connectivity index (χ0n) is 70.1. The second kappa shape index (κ2) is 65.8. The van der Waals surface area contributed by atoms with E-state index in [0.29, 0.717) is 84.2 Å². The molecule has 0 spiro atoms. The van der Waals surface area contributed by atoms with Crippen molar-refractivity contribution in [1.82, 2.24) is 53.2 Å². The normalized spacial score (nSPS) is 23.2. The van der Waals surface area contributed by atoms with E-state index in [9.17, 15) is 98.7 Å². The highest BCUT2D eigenvalue weighted by Crippen LogP contribution is 2.26. The summed E-state index contributed by atoms with van der Waals surface area (Å²) in [5.74, 6) is -4.41. The van der Waals surface area contributed by atoms with Gasteiger partial charge in [-0.05, 0) is 57.8 Å². The fourth-order valence-electron chi connectivity index (χ4n) is 12.1. The Bertz CT molecular complexity index is 2680. The molecule has 45 heteroatoms. The number of aliphatic hydroxyl groups excluding tert-OH is 9. The number of nitrogens with one attached hydrogen (secondary N) is 10. The van der Waals surface area contributed by atoms with E-state index in [4.69, 9.17) is 66.3 Å². The van der Waals surface area contributed by atoms with Crippen LogP contribution in [0.5, 0.6) is 0 Å². The number of aliphatic hydroxyl groups is 9. The van der Waals surface area contributed by atoms with Crippen molar-refractivity contribution in [2.24, 2.45) is 0 Å². The second-order valence-corrected chi connectivity index (χ2v) is 28.8. The van der Waals surface area contributed by atoms with Gasteiger partial charge in [0.25, 0.3) is 0 Å². The molecule has 0 aromatic heterocycles. The first-order valence-electron chi connectivity index (χ1n) is 41.3. The third-order valence-electron chi connectivity index (χ3n) is 18.6. The van der Waals surface area contributed by atoms with E-state index >= 15 is 0 Å². The first-order valence-corrected chi connectivity index (χ1v) is 41.3. The lowest BCUT2D eigenvalue weighted by Crippen LogP contribution is -2.64. The first-order chi connectivity index (χ1) is 58.2. The van der Waals surface area contributed by atoms with Gasteiger partial charge in [-0.15, -0.1) is 0 Å². The minimum Gasteiger partial charge on any atom is -0.469 e. The van der Waals surface area contributed by atoms with Crippen LogP contribution in [0.25, 0.3) is 0 Å². The van der Waals surface area contributed by atoms with Crippen molar-refractivity contribution in [2.75, 3.05) is 192 Å². The van der Waals surface area contributed by atoms with E-state index < -0.39 is 159 Å². The van der Waals surface area contributed by atoms with Crippen molar-refractivity contribution in [2.45, 2.75) is 227 Å². The predicted molar refractivity (Wildman–Crippen MR) is 420 cm³/mol. The highest BCUT2D eigenvalue weighted by Gasteiger charge is 2.48. The molecule has 3 heterocycles. The molecule has 0 radical (unpaired) electrons. The topological polar surface area (TPSA) is 629 Å². The van der Waals surface area contributed by atoms with Crippen LogP contribution in [0.3, 0.4) is 0 Å². The summed E-state index contributed by atoms with van der Waals surface area (Å²) < 4.78 is 84.2. The lowest BCUT2D eigenvalue weighted by atomic mass is 9.97. The predicted octanol–water partition coefficient (Wildman–Crippen LogP) is -7.64. The number of unbranched alkanes of at least 4 members (excludes halogenated alkanes) is 3. The van der Waals surface area contributed by atoms with Crippen LogP contribution in [0.1, 0.15) is 130 Å². The maximum atomic E-state index is 13.9. The Balaban J connectivity index is 1.58. The number of esters is 1. The molecule has 15 unspecified atom stereocenters. The molecule has 121 heavy (non-hydrogen) atoms. The van der Waals surface area contributed by atoms with Gasteiger partial charge in [0.05, 0.1) is 139 Å². The zero-order valence-corrected chi connectivity index (χ0v) is 70.1. The third-order valence-corrected chi connectivity index (χ3v) is 18.6. The standard InChI is InChI=1S/C76H136N10O35/c1-50(90)83-64-70(104)67(101)53(44-87)119-73(64)116-28-8-5-14-56(93)77-22-11-25-80-59(96)17-32-113-47-76(86-62(99)20-31-108-36-38-110-40-42-112-43-41-111-39-37-109-35-21-63(100)107-4,48-114-33-18-60(97)81-26-12-23-78-57(94)15-6-9-29-117-74-65(84-51(2)91)71(105)68(102)54(45-88)120-74)49-115-34-19-61(98)82-27-13-24-79-58(95)16-7-10-30-118-75-66(85-52(3)92)72(106)69(103)55(46-89)121-75/h53-55,64-75,87-89,101-106H,5-49H2,1-4H3,(H,77,93)(H,78,94)(H,79,95)(H,80,96)(H,81,97)(H,82,98)(H,83,90)(H,84,91)(H,85,92)(H,86,99). The van der Waals surface area contributed by atoms with Gasteiger partial charge in [-0.3, -0.25) is 52.7 Å². The molecule has 3 saturated heterocycles. The number of ether oxygens (including phenoxy) is 15. The Morgan fingerprint density at radius 2 is 0.545 bits per heavy atom. The van der Waals surface area contributed by atoms with E-state index in [1.165, 1.54) is 27.9 Å². The van der Waals surface area contributed by atoms with E-state index in [1.807, 2.05) is 0 Å². The molecular weight excluding hydrogens is 1610 g/mol. The van der Waals surface area contributed by atoms with Gasteiger partial charge in [-0.1, -0.05) is 0 Å². The average Bonchev–Trinajstić information content (AvgIpc) is 0.817. The first kappa shape index (κ1) is 108. The number of carbonyl (C=O) groups is 11. The van der Waals surface area contributed by atoms with Gasteiger partial charge in [0.1, 0.15) is 78.6 Å². The fourth-order valence-corrected chi connectivity index (χ4v) is 12.1. The van der Waals surface area contributed by atoms with E-state index in [-0.39, 0.29) is 213 Å². The minimum absolute atomic E-state index is 0.0535. The Hall–Kier alpha value is -6.75. The van der Waals surface area contributed by atoms with Crippen molar-refractivity contribution < 1.29 is 170 Å². The molecule has 3 rings (SSSR count). The van der Waals surface area contributed by atoms with Gasteiger partial charge in [0, 0.05) is 125 Å². The van der Waals surface area contributed by atoms with Crippen molar-refractivity contribution in [3.05, 3.63) is 0 Å². The van der Waals surface area contributed by atoms with Crippen LogP contribution < -0.4 is 53.2 Å². The van der Waals surface area contributed by atoms with Crippen LogP contribution in [-0.4, -0.2) is 400 Å². The number of hydrogen-bond donors (Lipinski definition) is 19. The van der Waals surface area contributed by atoms with Gasteiger partial charge in [0.2, 0.25) is 59.1 Å². The lowest BCUT2D eigenvalue weighted by Gasteiger charge is -2.42. The summed E-state index contributed by atoms with van der Waals surface area (Å²) in [6.07, 6.45) is -12.4. The molecule has 19 N–H and O–H groups in total. The molecule has 3 fully saturated rings. The highest BCUT2D eigenvalue weighted by molar-refractivity contribution is 5.79. The number of rotatable bonds is 70. The summed E-state index contributed by atoms with van der Waals surface area (Å²) in [6, 6.07) is -3.31. The summed E-state index contributed by atoms with van der Waals surface area (Å²) in [5, 5.41) is 118. The molecule has 3 aliphatic heterocycles. The van der Waals surface area contributed by atoms with Gasteiger partial charge in [-0.25, -0.2) is 0 Å². The summed E-state index contributed by atoms with van der Waals surface area (Å²) in [7, 11) is 1.30. The summed E-state index contributed by atoms with van der Waals surface area (Å²) in [6.45, 7) is 4.07. The molecule has 0 aliphatic carbocycles.